The van der Waals surface area contributed by atoms with E-state index in [-0.39, 0.29) is 0 Å². The van der Waals surface area contributed by atoms with E-state index >= 15 is 0 Å². The third-order valence-corrected chi connectivity index (χ3v) is 4.65. The van der Waals surface area contributed by atoms with Crippen molar-refractivity contribution in [2.75, 3.05) is 0 Å². The zero-order valence-corrected chi connectivity index (χ0v) is 14.4. The van der Waals surface area contributed by atoms with Crippen molar-refractivity contribution in [3.8, 4) is 22.1 Å². The van der Waals surface area contributed by atoms with Gasteiger partial charge in [-0.05, 0) is 37.6 Å². The monoisotopic (exact) mass is 360 g/mol. The van der Waals surface area contributed by atoms with Gasteiger partial charge in [0.2, 0.25) is 4.96 Å². The molecule has 0 saturated heterocycles. The normalized spacial score (nSPS) is 11.5. The number of halogens is 2. The number of benzene rings is 1. The maximum Gasteiger partial charge on any atom is 0.235 e. The summed E-state index contributed by atoms with van der Waals surface area (Å²) < 4.78 is 30.1. The molecule has 6 nitrogen and oxygen atoms in total. The molecule has 0 radical (unpaired) electrons. The first-order valence-electron chi connectivity index (χ1n) is 7.79. The molecule has 0 unspecified atom stereocenters. The first-order chi connectivity index (χ1) is 12.1. The van der Waals surface area contributed by atoms with E-state index in [0.717, 1.165) is 41.5 Å². The van der Waals surface area contributed by atoms with Crippen LogP contribution in [0.3, 0.4) is 0 Å². The molecule has 0 fully saturated rings. The summed E-state index contributed by atoms with van der Waals surface area (Å²) in [6.07, 6.45) is 0.957. The van der Waals surface area contributed by atoms with E-state index < -0.39 is 11.6 Å². The van der Waals surface area contributed by atoms with Crippen LogP contribution in [0, 0.1) is 18.6 Å². The van der Waals surface area contributed by atoms with Gasteiger partial charge in [0, 0.05) is 12.1 Å². The number of hydrogen-bond acceptors (Lipinski definition) is 5. The van der Waals surface area contributed by atoms with Crippen LogP contribution in [0.1, 0.15) is 19.0 Å². The van der Waals surface area contributed by atoms with Crippen LogP contribution in [0.4, 0.5) is 8.78 Å². The average Bonchev–Trinajstić information content (AvgIpc) is 3.24. The summed E-state index contributed by atoms with van der Waals surface area (Å²) in [5.74, 6) is -1.46. The molecule has 3 aromatic heterocycles. The van der Waals surface area contributed by atoms with Gasteiger partial charge in [-0.3, -0.25) is 4.68 Å². The topological polar surface area (TPSA) is 60.9 Å². The highest BCUT2D eigenvalue weighted by Crippen LogP contribution is 2.29. The van der Waals surface area contributed by atoms with E-state index in [1.807, 2.05) is 17.7 Å². The van der Waals surface area contributed by atoms with Crippen molar-refractivity contribution in [1.82, 2.24) is 29.6 Å². The third-order valence-electron chi connectivity index (χ3n) is 3.73. The van der Waals surface area contributed by atoms with Crippen LogP contribution in [-0.4, -0.2) is 29.6 Å². The highest BCUT2D eigenvalue weighted by Gasteiger charge is 2.18. The predicted molar refractivity (Wildman–Crippen MR) is 90.3 cm³/mol. The molecular weight excluding hydrogens is 346 g/mol. The first-order valence-corrected chi connectivity index (χ1v) is 8.61. The highest BCUT2D eigenvalue weighted by atomic mass is 32.1. The maximum absolute atomic E-state index is 13.5. The molecule has 0 aliphatic carbocycles. The van der Waals surface area contributed by atoms with Gasteiger partial charge in [-0.2, -0.15) is 14.7 Å². The molecule has 0 amide bonds. The average molecular weight is 360 g/mol. The molecule has 4 aromatic rings. The Morgan fingerprint density at radius 1 is 1.08 bits per heavy atom. The Kier molecular flexibility index (Phi) is 3.79. The lowest BCUT2D eigenvalue weighted by atomic mass is 10.2. The fourth-order valence-electron chi connectivity index (χ4n) is 2.64. The van der Waals surface area contributed by atoms with E-state index in [0.29, 0.717) is 16.3 Å². The summed E-state index contributed by atoms with van der Waals surface area (Å²) in [5.41, 5.74) is 2.24. The van der Waals surface area contributed by atoms with Gasteiger partial charge >= 0.3 is 0 Å². The Balaban J connectivity index is 1.82. The summed E-state index contributed by atoms with van der Waals surface area (Å²) in [6.45, 7) is 4.81. The molecule has 25 heavy (non-hydrogen) atoms. The Labute approximate surface area is 145 Å². The van der Waals surface area contributed by atoms with Gasteiger partial charge in [0.05, 0.1) is 11.4 Å². The van der Waals surface area contributed by atoms with Crippen LogP contribution < -0.4 is 0 Å². The van der Waals surface area contributed by atoms with E-state index in [1.165, 1.54) is 17.4 Å². The first kappa shape index (κ1) is 15.8. The SMILES string of the molecule is CCCn1nc(C)cc1-c1nn2c(-c3ccc(F)c(F)c3)nnc2s1. The number of nitrogens with zero attached hydrogens (tertiary/aromatic N) is 6. The van der Waals surface area contributed by atoms with Gasteiger partial charge in [-0.15, -0.1) is 10.2 Å². The van der Waals surface area contributed by atoms with Crippen molar-refractivity contribution >= 4 is 16.3 Å². The summed E-state index contributed by atoms with van der Waals surface area (Å²) >= 11 is 1.38. The zero-order chi connectivity index (χ0) is 17.6. The fourth-order valence-corrected chi connectivity index (χ4v) is 3.50. The standard InChI is InChI=1S/C16H14F2N6S/c1-3-6-23-13(7-9(2)21-23)15-22-24-14(19-20-16(24)25-15)10-4-5-11(17)12(18)8-10/h4-5,7-8H,3,6H2,1-2H3. The van der Waals surface area contributed by atoms with Crippen molar-refractivity contribution in [2.24, 2.45) is 0 Å². The number of fused-ring (bicyclic) bond motifs is 1. The summed E-state index contributed by atoms with van der Waals surface area (Å²) in [6, 6.07) is 5.59. The molecule has 3 heterocycles. The number of aromatic nitrogens is 6. The number of hydrogen-bond donors (Lipinski definition) is 0. The molecule has 0 aliphatic heterocycles. The van der Waals surface area contributed by atoms with Crippen LogP contribution in [-0.2, 0) is 6.54 Å². The van der Waals surface area contributed by atoms with Crippen LogP contribution in [0.25, 0.3) is 27.1 Å². The van der Waals surface area contributed by atoms with Gasteiger partial charge < -0.3 is 0 Å². The van der Waals surface area contributed by atoms with Crippen molar-refractivity contribution in [3.63, 3.8) is 0 Å². The van der Waals surface area contributed by atoms with Crippen LogP contribution in [0.15, 0.2) is 24.3 Å². The minimum absolute atomic E-state index is 0.370. The van der Waals surface area contributed by atoms with E-state index in [9.17, 15) is 8.78 Å². The lowest BCUT2D eigenvalue weighted by Gasteiger charge is -2.02. The summed E-state index contributed by atoms with van der Waals surface area (Å²) in [4.78, 5) is 0.580. The minimum atomic E-state index is -0.929. The van der Waals surface area contributed by atoms with Crippen molar-refractivity contribution < 1.29 is 8.78 Å². The van der Waals surface area contributed by atoms with Crippen molar-refractivity contribution in [3.05, 3.63) is 41.6 Å². The molecule has 9 heteroatoms. The third kappa shape index (κ3) is 2.70. The molecule has 128 valence electrons. The predicted octanol–water partition coefficient (Wildman–Crippen LogP) is 3.71. The summed E-state index contributed by atoms with van der Waals surface area (Å²) in [5, 5.41) is 17.9. The van der Waals surface area contributed by atoms with Crippen LogP contribution in [0.5, 0.6) is 0 Å². The van der Waals surface area contributed by atoms with E-state index in [1.54, 1.807) is 4.52 Å². The van der Waals surface area contributed by atoms with Crippen LogP contribution in [0.2, 0.25) is 0 Å². The van der Waals surface area contributed by atoms with Gasteiger partial charge in [0.25, 0.3) is 0 Å². The van der Waals surface area contributed by atoms with Crippen LogP contribution >= 0.6 is 11.3 Å². The second-order valence-corrected chi connectivity index (χ2v) is 6.60. The lowest BCUT2D eigenvalue weighted by molar-refractivity contribution is 0.509. The van der Waals surface area contributed by atoms with Gasteiger partial charge in [0.1, 0.15) is 0 Å². The highest BCUT2D eigenvalue weighted by molar-refractivity contribution is 7.19. The van der Waals surface area contributed by atoms with Gasteiger partial charge in [-0.25, -0.2) is 8.78 Å². The summed E-state index contributed by atoms with van der Waals surface area (Å²) in [7, 11) is 0. The van der Waals surface area contributed by atoms with E-state index in [4.69, 9.17) is 0 Å². The molecule has 1 aromatic carbocycles. The van der Waals surface area contributed by atoms with E-state index in [2.05, 4.69) is 27.3 Å². The largest absolute Gasteiger partial charge is 0.262 e. The van der Waals surface area contributed by atoms with Gasteiger partial charge in [-0.1, -0.05) is 18.3 Å². The van der Waals surface area contributed by atoms with Crippen molar-refractivity contribution in [2.45, 2.75) is 26.8 Å². The smallest absolute Gasteiger partial charge is 0.235 e. The zero-order valence-electron chi connectivity index (χ0n) is 13.6. The lowest BCUT2D eigenvalue weighted by Crippen LogP contribution is -2.01. The maximum atomic E-state index is 13.5. The Morgan fingerprint density at radius 3 is 2.68 bits per heavy atom. The molecule has 0 aliphatic rings. The molecule has 0 saturated carbocycles. The molecule has 0 bridgehead atoms. The minimum Gasteiger partial charge on any atom is -0.262 e. The molecule has 4 rings (SSSR count). The molecular formula is C16H14F2N6S. The second kappa shape index (κ2) is 5.99. The fraction of sp³-hybridized carbons (Fsp3) is 0.250. The Morgan fingerprint density at radius 2 is 1.92 bits per heavy atom. The number of aryl methyl sites for hydroxylation is 2. The quantitative estimate of drug-likeness (QED) is 0.557. The number of rotatable bonds is 4. The second-order valence-electron chi connectivity index (χ2n) is 5.65. The molecule has 0 atom stereocenters. The molecule has 0 spiro atoms. The van der Waals surface area contributed by atoms with Gasteiger partial charge in [0.15, 0.2) is 22.5 Å². The molecule has 0 N–H and O–H groups in total. The van der Waals surface area contributed by atoms with Crippen molar-refractivity contribution in [1.29, 1.82) is 0 Å². The Hall–Kier alpha value is -2.68. The Bertz CT molecular complexity index is 1060.